The van der Waals surface area contributed by atoms with Crippen LogP contribution in [0.5, 0.6) is 0 Å². The molecule has 18 heavy (non-hydrogen) atoms. The van der Waals surface area contributed by atoms with Gasteiger partial charge in [0.1, 0.15) is 0 Å². The summed E-state index contributed by atoms with van der Waals surface area (Å²) < 4.78 is 1.68. The number of rotatable bonds is 2. The maximum Gasteiger partial charge on any atom is 0.182 e. The van der Waals surface area contributed by atoms with Crippen molar-refractivity contribution in [3.05, 3.63) is 54.2 Å². The number of benzene rings is 1. The third-order valence-corrected chi connectivity index (χ3v) is 2.78. The van der Waals surface area contributed by atoms with E-state index in [9.17, 15) is 4.79 Å². The number of pyridine rings is 1. The van der Waals surface area contributed by atoms with E-state index in [1.807, 2.05) is 30.3 Å². The van der Waals surface area contributed by atoms with E-state index in [4.69, 9.17) is 0 Å². The number of ketones is 1. The Labute approximate surface area is 104 Å². The number of aromatic nitrogens is 3. The first kappa shape index (κ1) is 10.7. The average molecular weight is 237 g/mol. The Morgan fingerprint density at radius 1 is 1.17 bits per heavy atom. The van der Waals surface area contributed by atoms with Crippen LogP contribution in [-0.2, 0) is 0 Å². The smallest absolute Gasteiger partial charge is 0.182 e. The highest BCUT2D eigenvalue weighted by atomic mass is 16.1. The van der Waals surface area contributed by atoms with Gasteiger partial charge in [0, 0.05) is 17.3 Å². The topological polar surface area (TPSA) is 47.3 Å². The first-order valence-corrected chi connectivity index (χ1v) is 5.67. The van der Waals surface area contributed by atoms with Gasteiger partial charge in [0.15, 0.2) is 17.3 Å². The SMILES string of the molecule is CC(=O)c1ccn2nc(-c3ccccc3)nc2c1. The number of nitrogens with zero attached hydrogens (tertiary/aromatic N) is 3. The summed E-state index contributed by atoms with van der Waals surface area (Å²) in [5.41, 5.74) is 2.29. The van der Waals surface area contributed by atoms with Crippen LogP contribution in [0.25, 0.3) is 17.0 Å². The zero-order valence-electron chi connectivity index (χ0n) is 9.87. The van der Waals surface area contributed by atoms with Gasteiger partial charge in [0.2, 0.25) is 0 Å². The molecular formula is C14H11N3O. The molecule has 1 aromatic carbocycles. The summed E-state index contributed by atoms with van der Waals surface area (Å²) in [5, 5.41) is 4.38. The minimum atomic E-state index is 0.0294. The Bertz CT molecular complexity index is 716. The number of hydrogen-bond acceptors (Lipinski definition) is 3. The van der Waals surface area contributed by atoms with Gasteiger partial charge in [-0.1, -0.05) is 30.3 Å². The molecule has 0 radical (unpaired) electrons. The standard InChI is InChI=1S/C14H11N3O/c1-10(18)12-7-8-17-13(9-12)15-14(16-17)11-5-3-2-4-6-11/h2-9H,1H3. The average Bonchev–Trinajstić information content (AvgIpc) is 2.82. The van der Waals surface area contributed by atoms with Crippen LogP contribution in [0.3, 0.4) is 0 Å². The summed E-state index contributed by atoms with van der Waals surface area (Å²) >= 11 is 0. The third kappa shape index (κ3) is 1.78. The second-order valence-electron chi connectivity index (χ2n) is 4.08. The molecule has 0 aliphatic heterocycles. The molecule has 0 unspecified atom stereocenters. The molecule has 4 heteroatoms. The minimum Gasteiger partial charge on any atom is -0.295 e. The lowest BCUT2D eigenvalue weighted by molar-refractivity contribution is 0.101. The van der Waals surface area contributed by atoms with E-state index in [1.165, 1.54) is 0 Å². The summed E-state index contributed by atoms with van der Waals surface area (Å²) in [7, 11) is 0. The first-order valence-electron chi connectivity index (χ1n) is 5.67. The van der Waals surface area contributed by atoms with Crippen molar-refractivity contribution in [3.63, 3.8) is 0 Å². The van der Waals surface area contributed by atoms with Crippen LogP contribution < -0.4 is 0 Å². The van der Waals surface area contributed by atoms with E-state index in [0.717, 1.165) is 5.56 Å². The molecule has 88 valence electrons. The second kappa shape index (κ2) is 4.07. The summed E-state index contributed by atoms with van der Waals surface area (Å²) in [6.07, 6.45) is 1.76. The summed E-state index contributed by atoms with van der Waals surface area (Å²) in [6.45, 7) is 1.54. The fourth-order valence-electron chi connectivity index (χ4n) is 1.81. The zero-order chi connectivity index (χ0) is 12.5. The van der Waals surface area contributed by atoms with Crippen LogP contribution in [0.2, 0.25) is 0 Å². The van der Waals surface area contributed by atoms with E-state index in [1.54, 1.807) is 29.8 Å². The molecule has 0 saturated carbocycles. The van der Waals surface area contributed by atoms with E-state index >= 15 is 0 Å². The summed E-state index contributed by atoms with van der Waals surface area (Å²) in [5.74, 6) is 0.693. The molecule has 0 amide bonds. The van der Waals surface area contributed by atoms with E-state index < -0.39 is 0 Å². The van der Waals surface area contributed by atoms with Gasteiger partial charge in [0.05, 0.1) is 0 Å². The van der Waals surface area contributed by atoms with Crippen LogP contribution >= 0.6 is 0 Å². The number of Topliss-reactive ketones (excluding diaryl/α,β-unsaturated/α-hetero) is 1. The Morgan fingerprint density at radius 2 is 1.94 bits per heavy atom. The van der Waals surface area contributed by atoms with Gasteiger partial charge < -0.3 is 0 Å². The van der Waals surface area contributed by atoms with E-state index in [2.05, 4.69) is 10.1 Å². The van der Waals surface area contributed by atoms with Gasteiger partial charge in [-0.25, -0.2) is 9.50 Å². The first-order chi connectivity index (χ1) is 8.74. The van der Waals surface area contributed by atoms with Crippen molar-refractivity contribution in [2.75, 3.05) is 0 Å². The van der Waals surface area contributed by atoms with Gasteiger partial charge in [-0.15, -0.1) is 5.10 Å². The number of carbonyl (C=O) groups is 1. The van der Waals surface area contributed by atoms with Crippen molar-refractivity contribution < 1.29 is 4.79 Å². The van der Waals surface area contributed by atoms with Crippen molar-refractivity contribution in [3.8, 4) is 11.4 Å². The van der Waals surface area contributed by atoms with Crippen molar-refractivity contribution in [2.45, 2.75) is 6.92 Å². The fourth-order valence-corrected chi connectivity index (χ4v) is 1.81. The molecular weight excluding hydrogens is 226 g/mol. The predicted molar refractivity (Wildman–Crippen MR) is 68.4 cm³/mol. The van der Waals surface area contributed by atoms with Gasteiger partial charge in [-0.2, -0.15) is 0 Å². The van der Waals surface area contributed by atoms with Crippen molar-refractivity contribution in [1.82, 2.24) is 14.6 Å². The van der Waals surface area contributed by atoms with E-state index in [-0.39, 0.29) is 5.78 Å². The Kier molecular flexibility index (Phi) is 2.41. The largest absolute Gasteiger partial charge is 0.295 e. The van der Waals surface area contributed by atoms with Crippen LogP contribution in [0, 0.1) is 0 Å². The molecule has 0 fully saturated rings. The number of carbonyl (C=O) groups excluding carboxylic acids is 1. The van der Waals surface area contributed by atoms with Gasteiger partial charge in [-0.3, -0.25) is 4.79 Å². The van der Waals surface area contributed by atoms with Gasteiger partial charge in [0.25, 0.3) is 0 Å². The van der Waals surface area contributed by atoms with Crippen molar-refractivity contribution in [2.24, 2.45) is 0 Å². The number of fused-ring (bicyclic) bond motifs is 1. The van der Waals surface area contributed by atoms with Crippen LogP contribution in [-0.4, -0.2) is 20.4 Å². The molecule has 0 aliphatic carbocycles. The molecule has 0 bridgehead atoms. The molecule has 2 heterocycles. The molecule has 0 N–H and O–H groups in total. The Hall–Kier alpha value is -2.49. The quantitative estimate of drug-likeness (QED) is 0.643. The predicted octanol–water partition coefficient (Wildman–Crippen LogP) is 2.60. The Morgan fingerprint density at radius 3 is 2.67 bits per heavy atom. The molecule has 2 aromatic heterocycles. The van der Waals surface area contributed by atoms with Crippen LogP contribution in [0.1, 0.15) is 17.3 Å². The zero-order valence-corrected chi connectivity index (χ0v) is 9.87. The molecule has 3 aromatic rings. The third-order valence-electron chi connectivity index (χ3n) is 2.78. The molecule has 0 aliphatic rings. The van der Waals surface area contributed by atoms with Crippen LogP contribution in [0.15, 0.2) is 48.7 Å². The normalized spacial score (nSPS) is 10.7. The van der Waals surface area contributed by atoms with Crippen molar-refractivity contribution in [1.29, 1.82) is 0 Å². The summed E-state index contributed by atoms with van der Waals surface area (Å²) in [6, 6.07) is 13.3. The van der Waals surface area contributed by atoms with Gasteiger partial charge in [-0.05, 0) is 19.1 Å². The molecule has 4 nitrogen and oxygen atoms in total. The second-order valence-corrected chi connectivity index (χ2v) is 4.08. The maximum absolute atomic E-state index is 11.3. The minimum absolute atomic E-state index is 0.0294. The lowest BCUT2D eigenvalue weighted by atomic mass is 10.2. The molecule has 3 rings (SSSR count). The maximum atomic E-state index is 11.3. The lowest BCUT2D eigenvalue weighted by Crippen LogP contribution is -1.94. The molecule has 0 spiro atoms. The van der Waals surface area contributed by atoms with Gasteiger partial charge >= 0.3 is 0 Å². The molecule has 0 saturated heterocycles. The fraction of sp³-hybridized carbons (Fsp3) is 0.0714. The highest BCUT2D eigenvalue weighted by Gasteiger charge is 2.07. The molecule has 0 atom stereocenters. The number of hydrogen-bond donors (Lipinski definition) is 0. The van der Waals surface area contributed by atoms with E-state index in [0.29, 0.717) is 17.0 Å². The lowest BCUT2D eigenvalue weighted by Gasteiger charge is -1.94. The van der Waals surface area contributed by atoms with Crippen LogP contribution in [0.4, 0.5) is 0 Å². The summed E-state index contributed by atoms with van der Waals surface area (Å²) in [4.78, 5) is 15.7. The Balaban J connectivity index is 2.14. The highest BCUT2D eigenvalue weighted by molar-refractivity contribution is 5.94. The van der Waals surface area contributed by atoms with Crippen molar-refractivity contribution >= 4 is 11.4 Å². The highest BCUT2D eigenvalue weighted by Crippen LogP contribution is 2.16. The monoisotopic (exact) mass is 237 g/mol.